The number of rotatable bonds is 2. The molecule has 0 atom stereocenters. The Morgan fingerprint density at radius 1 is 1.20 bits per heavy atom. The van der Waals surface area contributed by atoms with Crippen LogP contribution in [0.15, 0.2) is 30.3 Å². The number of hydrogen-bond donors (Lipinski definition) is 2. The van der Waals surface area contributed by atoms with E-state index < -0.39 is 17.7 Å². The molecule has 0 saturated heterocycles. The highest BCUT2D eigenvalue weighted by atomic mass is 16.6. The van der Waals surface area contributed by atoms with Gasteiger partial charge >= 0.3 is 12.1 Å². The van der Waals surface area contributed by atoms with Crippen LogP contribution < -0.4 is 10.7 Å². The summed E-state index contributed by atoms with van der Waals surface area (Å²) in [6, 6.07) is 8.48. The van der Waals surface area contributed by atoms with E-state index in [0.29, 0.717) is 5.69 Å². The molecule has 6 heteroatoms. The van der Waals surface area contributed by atoms with Crippen molar-refractivity contribution in [3.05, 3.63) is 30.3 Å². The van der Waals surface area contributed by atoms with Gasteiger partial charge in [0.1, 0.15) is 0 Å². The number of amides is 3. The molecule has 0 saturated carbocycles. The first-order valence-electron chi connectivity index (χ1n) is 6.44. The van der Waals surface area contributed by atoms with E-state index >= 15 is 0 Å². The number of carbonyl (C=O) groups excluding carboxylic acids is 2. The number of nitrogens with one attached hydrogen (secondary N) is 2. The molecule has 0 fully saturated rings. The molecule has 1 aromatic carbocycles. The fourth-order valence-corrected chi connectivity index (χ4v) is 1.46. The Labute approximate surface area is 119 Å². The van der Waals surface area contributed by atoms with Crippen molar-refractivity contribution in [1.82, 2.24) is 10.4 Å². The van der Waals surface area contributed by atoms with Gasteiger partial charge in [-0.15, -0.1) is 0 Å². The first-order valence-corrected chi connectivity index (χ1v) is 6.44. The highest BCUT2D eigenvalue weighted by Crippen LogP contribution is 2.12. The van der Waals surface area contributed by atoms with Crippen LogP contribution in [-0.2, 0) is 4.74 Å². The van der Waals surface area contributed by atoms with Gasteiger partial charge in [-0.25, -0.2) is 20.0 Å². The molecule has 0 aromatic heterocycles. The number of carbonyl (C=O) groups is 2. The molecule has 2 N–H and O–H groups in total. The average Bonchev–Trinajstić information content (AvgIpc) is 2.36. The Bertz CT molecular complexity index is 454. The van der Waals surface area contributed by atoms with E-state index in [0.717, 1.165) is 5.01 Å². The SMILES string of the molecule is CCOC(=O)N(NC(=O)Nc1ccccc1)C(C)(C)C. The van der Waals surface area contributed by atoms with Crippen molar-refractivity contribution in [1.29, 1.82) is 0 Å². The minimum absolute atomic E-state index is 0.243. The number of anilines is 1. The zero-order valence-corrected chi connectivity index (χ0v) is 12.3. The summed E-state index contributed by atoms with van der Waals surface area (Å²) in [5, 5.41) is 3.80. The smallest absolute Gasteiger partial charge is 0.429 e. The molecule has 0 heterocycles. The zero-order valence-electron chi connectivity index (χ0n) is 12.3. The van der Waals surface area contributed by atoms with E-state index in [-0.39, 0.29) is 6.61 Å². The summed E-state index contributed by atoms with van der Waals surface area (Å²) >= 11 is 0. The van der Waals surface area contributed by atoms with Crippen LogP contribution in [0, 0.1) is 0 Å². The average molecular weight is 279 g/mol. The quantitative estimate of drug-likeness (QED) is 0.818. The lowest BCUT2D eigenvalue weighted by atomic mass is 10.1. The number of urea groups is 1. The van der Waals surface area contributed by atoms with E-state index in [1.807, 2.05) is 18.2 Å². The lowest BCUT2D eigenvalue weighted by Crippen LogP contribution is -2.57. The van der Waals surface area contributed by atoms with Crippen molar-refractivity contribution in [3.8, 4) is 0 Å². The largest absolute Gasteiger partial charge is 0.448 e. The molecule has 1 aromatic rings. The van der Waals surface area contributed by atoms with Crippen molar-refractivity contribution in [2.75, 3.05) is 11.9 Å². The number of hydrogen-bond acceptors (Lipinski definition) is 3. The van der Waals surface area contributed by atoms with E-state index in [1.165, 1.54) is 0 Å². The maximum atomic E-state index is 11.9. The van der Waals surface area contributed by atoms with Crippen LogP contribution in [0.4, 0.5) is 15.3 Å². The minimum atomic E-state index is -0.597. The topological polar surface area (TPSA) is 70.7 Å². The van der Waals surface area contributed by atoms with Gasteiger partial charge in [-0.05, 0) is 39.8 Å². The lowest BCUT2D eigenvalue weighted by Gasteiger charge is -2.34. The summed E-state index contributed by atoms with van der Waals surface area (Å²) in [5.74, 6) is 0. The fourth-order valence-electron chi connectivity index (χ4n) is 1.46. The molecule has 3 amide bonds. The second kappa shape index (κ2) is 6.79. The van der Waals surface area contributed by atoms with Crippen LogP contribution in [0.5, 0.6) is 0 Å². The molecule has 6 nitrogen and oxygen atoms in total. The Kier molecular flexibility index (Phi) is 5.37. The molecule has 0 aliphatic heterocycles. The van der Waals surface area contributed by atoms with Crippen molar-refractivity contribution in [3.63, 3.8) is 0 Å². The normalized spacial score (nSPS) is 10.6. The van der Waals surface area contributed by atoms with Crippen LogP contribution in [0.25, 0.3) is 0 Å². The highest BCUT2D eigenvalue weighted by Gasteiger charge is 2.29. The summed E-state index contributed by atoms with van der Waals surface area (Å²) in [4.78, 5) is 23.7. The molecule has 20 heavy (non-hydrogen) atoms. The molecule has 1 rings (SSSR count). The zero-order chi connectivity index (χ0) is 15.2. The van der Waals surface area contributed by atoms with Gasteiger partial charge in [0.05, 0.1) is 12.1 Å². The van der Waals surface area contributed by atoms with Crippen LogP contribution in [-0.4, -0.2) is 29.3 Å². The standard InChI is InChI=1S/C14H21N3O3/c1-5-20-13(19)17(14(2,3)4)16-12(18)15-11-9-7-6-8-10-11/h6-10H,5H2,1-4H3,(H2,15,16,18). The molecule has 0 unspecified atom stereocenters. The number of para-hydroxylation sites is 1. The number of nitrogens with zero attached hydrogens (tertiary/aromatic N) is 1. The summed E-state index contributed by atoms with van der Waals surface area (Å²) in [6.07, 6.45) is -0.594. The Balaban J connectivity index is 2.70. The first kappa shape index (κ1) is 15.8. The maximum absolute atomic E-state index is 11.9. The van der Waals surface area contributed by atoms with E-state index in [4.69, 9.17) is 4.74 Å². The third-order valence-electron chi connectivity index (χ3n) is 2.37. The third-order valence-corrected chi connectivity index (χ3v) is 2.37. The van der Waals surface area contributed by atoms with E-state index in [1.54, 1.807) is 39.8 Å². The molecule has 0 bridgehead atoms. The maximum Gasteiger partial charge on any atom is 0.429 e. The molecule has 0 spiro atoms. The first-order chi connectivity index (χ1) is 9.34. The van der Waals surface area contributed by atoms with Gasteiger partial charge in [-0.1, -0.05) is 18.2 Å². The molecule has 0 radical (unpaired) electrons. The van der Waals surface area contributed by atoms with Crippen LogP contribution in [0.1, 0.15) is 27.7 Å². The van der Waals surface area contributed by atoms with Crippen molar-refractivity contribution in [2.24, 2.45) is 0 Å². The summed E-state index contributed by atoms with van der Waals surface area (Å²) < 4.78 is 4.93. The predicted octanol–water partition coefficient (Wildman–Crippen LogP) is 2.98. The van der Waals surface area contributed by atoms with Crippen LogP contribution >= 0.6 is 0 Å². The molecule has 0 aliphatic rings. The van der Waals surface area contributed by atoms with Gasteiger partial charge in [-0.2, -0.15) is 0 Å². The number of ether oxygens (including phenoxy) is 1. The van der Waals surface area contributed by atoms with Gasteiger partial charge in [0.25, 0.3) is 0 Å². The summed E-state index contributed by atoms with van der Waals surface area (Å²) in [6.45, 7) is 7.35. The van der Waals surface area contributed by atoms with Gasteiger partial charge in [-0.3, -0.25) is 0 Å². The second-order valence-corrected chi connectivity index (χ2v) is 5.14. The van der Waals surface area contributed by atoms with Gasteiger partial charge < -0.3 is 10.1 Å². The highest BCUT2D eigenvalue weighted by molar-refractivity contribution is 5.90. The summed E-state index contributed by atoms with van der Waals surface area (Å²) in [7, 11) is 0. The van der Waals surface area contributed by atoms with E-state index in [2.05, 4.69) is 10.7 Å². The fraction of sp³-hybridized carbons (Fsp3) is 0.429. The molecular formula is C14H21N3O3. The van der Waals surface area contributed by atoms with E-state index in [9.17, 15) is 9.59 Å². The number of benzene rings is 1. The van der Waals surface area contributed by atoms with Gasteiger partial charge in [0.2, 0.25) is 0 Å². The Morgan fingerprint density at radius 3 is 2.30 bits per heavy atom. The van der Waals surface area contributed by atoms with Crippen molar-refractivity contribution >= 4 is 17.8 Å². The molecule has 110 valence electrons. The summed E-state index contributed by atoms with van der Waals surface area (Å²) in [5.41, 5.74) is 2.54. The third kappa shape index (κ3) is 4.79. The van der Waals surface area contributed by atoms with Gasteiger partial charge in [0.15, 0.2) is 0 Å². The minimum Gasteiger partial charge on any atom is -0.448 e. The van der Waals surface area contributed by atoms with Crippen LogP contribution in [0.3, 0.4) is 0 Å². The molecular weight excluding hydrogens is 258 g/mol. The Morgan fingerprint density at radius 2 is 1.80 bits per heavy atom. The van der Waals surface area contributed by atoms with Crippen molar-refractivity contribution in [2.45, 2.75) is 33.2 Å². The lowest BCUT2D eigenvalue weighted by molar-refractivity contribution is 0.0505. The Hall–Kier alpha value is -2.24. The van der Waals surface area contributed by atoms with Gasteiger partial charge in [0, 0.05) is 5.69 Å². The van der Waals surface area contributed by atoms with Crippen LogP contribution in [0.2, 0.25) is 0 Å². The second-order valence-electron chi connectivity index (χ2n) is 5.14. The van der Waals surface area contributed by atoms with Crippen molar-refractivity contribution < 1.29 is 14.3 Å². The number of hydrazine groups is 1. The monoisotopic (exact) mass is 279 g/mol. The molecule has 0 aliphatic carbocycles. The predicted molar refractivity (Wildman–Crippen MR) is 77.2 cm³/mol.